The van der Waals surface area contributed by atoms with Crippen molar-refractivity contribution in [2.45, 2.75) is 19.3 Å². The van der Waals surface area contributed by atoms with Crippen LogP contribution in [0.2, 0.25) is 0 Å². The van der Waals surface area contributed by atoms with E-state index in [1.165, 1.54) is 21.4 Å². The second-order valence-corrected chi connectivity index (χ2v) is 9.87. The van der Waals surface area contributed by atoms with Gasteiger partial charge in [0, 0.05) is 73.5 Å². The minimum absolute atomic E-state index is 0.245. The van der Waals surface area contributed by atoms with Crippen molar-refractivity contribution in [2.24, 2.45) is 0 Å². The molecule has 1 saturated heterocycles. The topological polar surface area (TPSA) is 75.9 Å². The van der Waals surface area contributed by atoms with Crippen LogP contribution in [0.4, 0.5) is 10.2 Å². The van der Waals surface area contributed by atoms with Gasteiger partial charge in [0.2, 0.25) is 5.91 Å². The van der Waals surface area contributed by atoms with Crippen LogP contribution < -0.4 is 5.32 Å². The Morgan fingerprint density at radius 1 is 1.32 bits per heavy atom. The number of rotatable bonds is 7. The van der Waals surface area contributed by atoms with Crippen LogP contribution in [0.3, 0.4) is 0 Å². The number of aromatic nitrogens is 4. The van der Waals surface area contributed by atoms with E-state index in [0.717, 1.165) is 47.5 Å². The second kappa shape index (κ2) is 8.87. The van der Waals surface area contributed by atoms with E-state index in [9.17, 15) is 9.18 Å². The highest BCUT2D eigenvalue weighted by atomic mass is 127. The molecule has 31 heavy (non-hydrogen) atoms. The maximum absolute atomic E-state index is 13.9. The minimum Gasteiger partial charge on any atom is -0.369 e. The van der Waals surface area contributed by atoms with E-state index < -0.39 is 5.82 Å². The van der Waals surface area contributed by atoms with Crippen molar-refractivity contribution in [1.82, 2.24) is 23.8 Å². The Morgan fingerprint density at radius 2 is 2.23 bits per heavy atom. The monoisotopic (exact) mass is 568 g/mol. The van der Waals surface area contributed by atoms with Gasteiger partial charge < -0.3 is 10.2 Å². The third-order valence-electron chi connectivity index (χ3n) is 5.29. The molecule has 1 amide bonds. The summed E-state index contributed by atoms with van der Waals surface area (Å²) >= 11 is 3.71. The largest absolute Gasteiger partial charge is 0.369 e. The fourth-order valence-corrected chi connectivity index (χ4v) is 5.83. The molecule has 1 aliphatic heterocycles. The summed E-state index contributed by atoms with van der Waals surface area (Å²) in [5.41, 5.74) is 1.42. The van der Waals surface area contributed by atoms with Crippen LogP contribution in [0.15, 0.2) is 29.9 Å². The number of carbonyl (C=O) groups is 1. The van der Waals surface area contributed by atoms with Crippen molar-refractivity contribution in [1.29, 1.82) is 0 Å². The van der Waals surface area contributed by atoms with Crippen LogP contribution in [-0.4, -0.2) is 49.4 Å². The average molecular weight is 568 g/mol. The maximum Gasteiger partial charge on any atom is 0.222 e. The average Bonchev–Trinajstić information content (AvgIpc) is 3.49. The standard InChI is InChI=1S/C20H18FIN6OS2/c21-12-9-14-15(11-28(31-22)19(14)24-10-12)18-25-17(13-4-8-30-20(13)26-18)23-5-2-7-27-6-1-3-16(27)29/h4,8-11H,1-3,5-7H2,(H,23,25,26). The highest BCUT2D eigenvalue weighted by Crippen LogP contribution is 2.35. The Kier molecular flexibility index (Phi) is 5.97. The van der Waals surface area contributed by atoms with E-state index in [-0.39, 0.29) is 5.91 Å². The van der Waals surface area contributed by atoms with Gasteiger partial charge in [-0.05, 0) is 30.4 Å². The molecule has 0 aromatic carbocycles. The summed E-state index contributed by atoms with van der Waals surface area (Å²) in [6.07, 6.45) is 5.58. The number of nitrogens with zero attached hydrogens (tertiary/aromatic N) is 5. The Balaban J connectivity index is 1.45. The van der Waals surface area contributed by atoms with Crippen molar-refractivity contribution < 1.29 is 9.18 Å². The lowest BCUT2D eigenvalue weighted by Gasteiger charge is -2.15. The smallest absolute Gasteiger partial charge is 0.222 e. The zero-order chi connectivity index (χ0) is 21.4. The molecular formula is C20H18FIN6OS2. The van der Waals surface area contributed by atoms with Gasteiger partial charge >= 0.3 is 0 Å². The molecule has 4 aromatic rings. The Morgan fingerprint density at radius 3 is 3.03 bits per heavy atom. The van der Waals surface area contributed by atoms with Gasteiger partial charge in [-0.2, -0.15) is 0 Å². The van der Waals surface area contributed by atoms with Crippen molar-refractivity contribution in [3.05, 3.63) is 35.7 Å². The summed E-state index contributed by atoms with van der Waals surface area (Å²) in [6, 6.07) is 3.48. The first-order chi connectivity index (χ1) is 15.1. The fraction of sp³-hybridized carbons (Fsp3) is 0.300. The van der Waals surface area contributed by atoms with Gasteiger partial charge in [0.25, 0.3) is 0 Å². The summed E-state index contributed by atoms with van der Waals surface area (Å²) in [6.45, 7) is 2.31. The Bertz CT molecular complexity index is 1280. The van der Waals surface area contributed by atoms with Gasteiger partial charge in [0.15, 0.2) is 11.5 Å². The molecule has 0 aliphatic carbocycles. The Hall–Kier alpha value is -1.99. The first-order valence-corrected chi connectivity index (χ1v) is 14.1. The lowest BCUT2D eigenvalue weighted by molar-refractivity contribution is -0.127. The van der Waals surface area contributed by atoms with Crippen LogP contribution in [0, 0.1) is 5.82 Å². The van der Waals surface area contributed by atoms with E-state index in [0.29, 0.717) is 29.8 Å². The molecule has 160 valence electrons. The van der Waals surface area contributed by atoms with Gasteiger partial charge in [-0.15, -0.1) is 11.3 Å². The van der Waals surface area contributed by atoms with Gasteiger partial charge in [0.05, 0.1) is 11.6 Å². The minimum atomic E-state index is -0.392. The molecule has 1 aliphatic rings. The first-order valence-electron chi connectivity index (χ1n) is 9.87. The van der Waals surface area contributed by atoms with Crippen molar-refractivity contribution in [3.8, 4) is 11.4 Å². The second-order valence-electron chi connectivity index (χ2n) is 7.26. The highest BCUT2D eigenvalue weighted by molar-refractivity contribution is 14.2. The van der Waals surface area contributed by atoms with Crippen LogP contribution >= 0.6 is 41.7 Å². The molecule has 1 N–H and O–H groups in total. The molecule has 0 radical (unpaired) electrons. The van der Waals surface area contributed by atoms with E-state index >= 15 is 0 Å². The molecule has 0 unspecified atom stereocenters. The van der Waals surface area contributed by atoms with Crippen LogP contribution in [0.25, 0.3) is 32.6 Å². The third kappa shape index (κ3) is 4.10. The third-order valence-corrected chi connectivity index (χ3v) is 7.79. The number of nitrogens with one attached hydrogen (secondary N) is 1. The molecule has 7 nitrogen and oxygen atoms in total. The summed E-state index contributed by atoms with van der Waals surface area (Å²) in [4.78, 5) is 28.3. The van der Waals surface area contributed by atoms with Crippen LogP contribution in [0.1, 0.15) is 19.3 Å². The number of anilines is 1. The quantitative estimate of drug-likeness (QED) is 0.247. The summed E-state index contributed by atoms with van der Waals surface area (Å²) in [5, 5.41) is 7.05. The molecule has 11 heteroatoms. The first kappa shape index (κ1) is 20.9. The number of likely N-dealkylation sites (tertiary alicyclic amines) is 1. The summed E-state index contributed by atoms with van der Waals surface area (Å²) in [7, 11) is 1.46. The molecule has 4 aromatic heterocycles. The maximum atomic E-state index is 13.9. The zero-order valence-corrected chi connectivity index (χ0v) is 20.1. The number of carbonyl (C=O) groups excluding carboxylic acids is 1. The zero-order valence-electron chi connectivity index (χ0n) is 16.3. The number of hydrogen-bond acceptors (Lipinski definition) is 7. The van der Waals surface area contributed by atoms with Gasteiger partial charge in [-0.3, -0.25) is 8.77 Å². The van der Waals surface area contributed by atoms with E-state index in [1.54, 1.807) is 11.3 Å². The van der Waals surface area contributed by atoms with Gasteiger partial charge in [0.1, 0.15) is 16.5 Å². The lowest BCUT2D eigenvalue weighted by atomic mass is 10.2. The van der Waals surface area contributed by atoms with E-state index in [4.69, 9.17) is 9.97 Å². The normalized spacial score (nSPS) is 14.3. The molecule has 0 saturated carbocycles. The predicted molar refractivity (Wildman–Crippen MR) is 132 cm³/mol. The molecule has 1 fully saturated rings. The molecule has 0 bridgehead atoms. The molecular weight excluding hydrogens is 550 g/mol. The lowest BCUT2D eigenvalue weighted by Crippen LogP contribution is -2.27. The number of hydrogen-bond donors (Lipinski definition) is 1. The molecule has 0 spiro atoms. The molecule has 5 rings (SSSR count). The van der Waals surface area contributed by atoms with Gasteiger partial charge in [-0.1, -0.05) is 0 Å². The number of thiophene rings is 1. The SMILES string of the molecule is O=C1CCCN1CCCNc1nc(-c2cn(SI)c3ncc(F)cc23)nc2sccc12. The van der Waals surface area contributed by atoms with Gasteiger partial charge in [-0.25, -0.2) is 19.3 Å². The van der Waals surface area contributed by atoms with E-state index in [2.05, 4.69) is 31.5 Å². The number of fused-ring (bicyclic) bond motifs is 2. The predicted octanol–water partition coefficient (Wildman–Crippen LogP) is 5.12. The highest BCUT2D eigenvalue weighted by Gasteiger charge is 2.20. The van der Waals surface area contributed by atoms with Crippen molar-refractivity contribution in [2.75, 3.05) is 25.0 Å². The number of pyridine rings is 1. The number of halogens is 2. The molecule has 0 atom stereocenters. The molecule has 5 heterocycles. The number of amides is 1. The van der Waals surface area contributed by atoms with Crippen LogP contribution in [-0.2, 0) is 4.79 Å². The Labute approximate surface area is 198 Å². The van der Waals surface area contributed by atoms with Crippen LogP contribution in [0.5, 0.6) is 0 Å². The fourth-order valence-electron chi connectivity index (χ4n) is 3.81. The summed E-state index contributed by atoms with van der Waals surface area (Å²) < 4.78 is 15.8. The summed E-state index contributed by atoms with van der Waals surface area (Å²) in [5.74, 6) is 1.14. The van der Waals surface area contributed by atoms with Crippen molar-refractivity contribution in [3.63, 3.8) is 0 Å². The van der Waals surface area contributed by atoms with E-state index in [1.807, 2.05) is 26.5 Å². The van der Waals surface area contributed by atoms with Crippen molar-refractivity contribution >= 4 is 74.6 Å².